The van der Waals surface area contributed by atoms with Crippen LogP contribution in [0.1, 0.15) is 19.3 Å². The first-order valence-electron chi connectivity index (χ1n) is 6.66. The molecule has 3 rings (SSSR count). The van der Waals surface area contributed by atoms with E-state index in [4.69, 9.17) is 0 Å². The highest BCUT2D eigenvalue weighted by Gasteiger charge is 2.23. The Morgan fingerprint density at radius 2 is 2.05 bits per heavy atom. The molecule has 2 aromatic rings. The van der Waals surface area contributed by atoms with E-state index in [1.165, 1.54) is 0 Å². The van der Waals surface area contributed by atoms with Gasteiger partial charge in [0.2, 0.25) is 5.91 Å². The molecule has 6 nitrogen and oxygen atoms in total. The van der Waals surface area contributed by atoms with Gasteiger partial charge >= 0.3 is 5.69 Å². The second-order valence-corrected chi connectivity index (χ2v) is 5.02. The third kappa shape index (κ3) is 2.49. The zero-order chi connectivity index (χ0) is 14.1. The van der Waals surface area contributed by atoms with Crippen molar-refractivity contribution in [1.29, 1.82) is 0 Å². The van der Waals surface area contributed by atoms with Crippen LogP contribution >= 0.6 is 0 Å². The molecule has 1 aliphatic rings. The summed E-state index contributed by atoms with van der Waals surface area (Å²) < 4.78 is 1.08. The Kier molecular flexibility index (Phi) is 3.14. The van der Waals surface area contributed by atoms with Crippen molar-refractivity contribution < 1.29 is 4.79 Å². The van der Waals surface area contributed by atoms with E-state index in [1.807, 2.05) is 0 Å². The molecule has 1 fully saturated rings. The van der Waals surface area contributed by atoms with Crippen molar-refractivity contribution in [2.75, 3.05) is 0 Å². The van der Waals surface area contributed by atoms with Gasteiger partial charge in [-0.15, -0.1) is 0 Å². The second kappa shape index (κ2) is 4.96. The third-order valence-corrected chi connectivity index (χ3v) is 3.39. The van der Waals surface area contributed by atoms with Gasteiger partial charge in [-0.1, -0.05) is 12.1 Å². The summed E-state index contributed by atoms with van der Waals surface area (Å²) in [5, 5.41) is 3.29. The molecule has 2 N–H and O–H groups in total. The van der Waals surface area contributed by atoms with Gasteiger partial charge in [0, 0.05) is 19.0 Å². The Balaban J connectivity index is 1.85. The molecule has 1 aromatic heterocycles. The van der Waals surface area contributed by atoms with Crippen molar-refractivity contribution in [3.8, 4) is 0 Å². The molecule has 0 aliphatic heterocycles. The maximum atomic E-state index is 12.2. The lowest BCUT2D eigenvalue weighted by Gasteiger charge is -2.06. The SMILES string of the molecule is O=C(CCn1c(=O)[nH]c2ccccc2c1=O)NC1CC1. The number of H-pyrrole nitrogens is 1. The molecule has 1 aromatic carbocycles. The van der Waals surface area contributed by atoms with Crippen LogP contribution in [0.2, 0.25) is 0 Å². The molecule has 20 heavy (non-hydrogen) atoms. The summed E-state index contributed by atoms with van der Waals surface area (Å²) >= 11 is 0. The minimum atomic E-state index is -0.479. The molecule has 1 aliphatic carbocycles. The van der Waals surface area contributed by atoms with E-state index in [9.17, 15) is 14.4 Å². The summed E-state index contributed by atoms with van der Waals surface area (Å²) in [5.41, 5.74) is -0.322. The number of nitrogens with zero attached hydrogens (tertiary/aromatic N) is 1. The maximum absolute atomic E-state index is 12.2. The number of carbonyl (C=O) groups excluding carboxylic acids is 1. The summed E-state index contributed by atoms with van der Waals surface area (Å²) in [6.07, 6.45) is 2.17. The minimum Gasteiger partial charge on any atom is -0.353 e. The summed E-state index contributed by atoms with van der Waals surface area (Å²) in [5.74, 6) is -0.119. The lowest BCUT2D eigenvalue weighted by Crippen LogP contribution is -2.37. The predicted octanol–water partition coefficient (Wildman–Crippen LogP) is 0.358. The van der Waals surface area contributed by atoms with Gasteiger partial charge in [-0.3, -0.25) is 14.2 Å². The van der Waals surface area contributed by atoms with Crippen LogP contribution in [-0.2, 0) is 11.3 Å². The van der Waals surface area contributed by atoms with Crippen LogP contribution < -0.4 is 16.6 Å². The van der Waals surface area contributed by atoms with Gasteiger partial charge in [0.15, 0.2) is 0 Å². The van der Waals surface area contributed by atoms with Gasteiger partial charge in [-0.25, -0.2) is 4.79 Å². The highest BCUT2D eigenvalue weighted by molar-refractivity contribution is 5.77. The monoisotopic (exact) mass is 273 g/mol. The van der Waals surface area contributed by atoms with E-state index in [-0.39, 0.29) is 30.5 Å². The van der Waals surface area contributed by atoms with Gasteiger partial charge in [0.1, 0.15) is 0 Å². The first kappa shape index (κ1) is 12.7. The molecule has 1 amide bonds. The lowest BCUT2D eigenvalue weighted by atomic mass is 10.2. The summed E-state index contributed by atoms with van der Waals surface area (Å²) in [7, 11) is 0. The highest BCUT2D eigenvalue weighted by Crippen LogP contribution is 2.18. The molecular formula is C14H15N3O3. The first-order valence-corrected chi connectivity index (χ1v) is 6.66. The molecular weight excluding hydrogens is 258 g/mol. The fraction of sp³-hybridized carbons (Fsp3) is 0.357. The third-order valence-electron chi connectivity index (χ3n) is 3.39. The Morgan fingerprint density at radius 3 is 2.80 bits per heavy atom. The standard InChI is InChI=1S/C14H15N3O3/c18-12(15-9-5-6-9)7-8-17-13(19)10-3-1-2-4-11(10)16-14(17)20/h1-4,9H,5-8H2,(H,15,18)(H,16,20). The van der Waals surface area contributed by atoms with Crippen LogP contribution in [0.25, 0.3) is 10.9 Å². The summed E-state index contributed by atoms with van der Waals surface area (Å²) in [6, 6.07) is 7.13. The smallest absolute Gasteiger partial charge is 0.328 e. The number of nitrogens with one attached hydrogen (secondary N) is 2. The van der Waals surface area contributed by atoms with E-state index in [1.54, 1.807) is 24.3 Å². The van der Waals surface area contributed by atoms with Crippen molar-refractivity contribution in [2.45, 2.75) is 31.8 Å². The fourth-order valence-electron chi connectivity index (χ4n) is 2.14. The van der Waals surface area contributed by atoms with Crippen LogP contribution in [0.5, 0.6) is 0 Å². The average Bonchev–Trinajstić information content (AvgIpc) is 3.22. The van der Waals surface area contributed by atoms with Crippen LogP contribution in [0.4, 0.5) is 0 Å². The van der Waals surface area contributed by atoms with Crippen LogP contribution in [0, 0.1) is 0 Å². The Bertz CT molecular complexity index is 771. The van der Waals surface area contributed by atoms with Crippen molar-refractivity contribution in [1.82, 2.24) is 14.9 Å². The van der Waals surface area contributed by atoms with Crippen LogP contribution in [0.3, 0.4) is 0 Å². The van der Waals surface area contributed by atoms with Gasteiger partial charge < -0.3 is 10.3 Å². The second-order valence-electron chi connectivity index (χ2n) is 5.02. The number of aromatic nitrogens is 2. The number of rotatable bonds is 4. The zero-order valence-corrected chi connectivity index (χ0v) is 10.9. The zero-order valence-electron chi connectivity index (χ0n) is 10.9. The number of amides is 1. The van der Waals surface area contributed by atoms with E-state index in [0.717, 1.165) is 17.4 Å². The Morgan fingerprint density at radius 1 is 1.30 bits per heavy atom. The normalized spacial score (nSPS) is 14.4. The van der Waals surface area contributed by atoms with E-state index < -0.39 is 5.69 Å². The Hall–Kier alpha value is -2.37. The largest absolute Gasteiger partial charge is 0.353 e. The molecule has 6 heteroatoms. The minimum absolute atomic E-state index is 0.0948. The molecule has 1 saturated carbocycles. The number of para-hydroxylation sites is 1. The van der Waals surface area contributed by atoms with Gasteiger partial charge in [0.25, 0.3) is 5.56 Å². The molecule has 0 spiro atoms. The number of hydrogen-bond donors (Lipinski definition) is 2. The van der Waals surface area contributed by atoms with Crippen molar-refractivity contribution in [3.63, 3.8) is 0 Å². The summed E-state index contributed by atoms with van der Waals surface area (Å²) in [4.78, 5) is 38.4. The first-order chi connectivity index (χ1) is 9.65. The maximum Gasteiger partial charge on any atom is 0.328 e. The number of benzene rings is 1. The Labute approximate surface area is 114 Å². The van der Waals surface area contributed by atoms with Crippen molar-refractivity contribution in [2.24, 2.45) is 0 Å². The van der Waals surface area contributed by atoms with E-state index in [0.29, 0.717) is 10.9 Å². The highest BCUT2D eigenvalue weighted by atomic mass is 16.2. The van der Waals surface area contributed by atoms with Gasteiger partial charge in [0.05, 0.1) is 10.9 Å². The molecule has 0 atom stereocenters. The lowest BCUT2D eigenvalue weighted by molar-refractivity contribution is -0.121. The topological polar surface area (TPSA) is 84.0 Å². The molecule has 0 saturated heterocycles. The van der Waals surface area contributed by atoms with Crippen molar-refractivity contribution >= 4 is 16.8 Å². The number of aromatic amines is 1. The molecule has 0 radical (unpaired) electrons. The average molecular weight is 273 g/mol. The number of hydrogen-bond acceptors (Lipinski definition) is 3. The molecule has 0 unspecified atom stereocenters. The van der Waals surface area contributed by atoms with Gasteiger partial charge in [-0.2, -0.15) is 0 Å². The fourth-order valence-corrected chi connectivity index (χ4v) is 2.14. The quantitative estimate of drug-likeness (QED) is 0.843. The molecule has 104 valence electrons. The predicted molar refractivity (Wildman–Crippen MR) is 74.6 cm³/mol. The van der Waals surface area contributed by atoms with Crippen LogP contribution in [-0.4, -0.2) is 21.5 Å². The number of carbonyl (C=O) groups is 1. The van der Waals surface area contributed by atoms with E-state index >= 15 is 0 Å². The van der Waals surface area contributed by atoms with Crippen molar-refractivity contribution in [3.05, 3.63) is 45.1 Å². The molecule has 0 bridgehead atoms. The summed E-state index contributed by atoms with van der Waals surface area (Å²) in [6.45, 7) is 0.0948. The number of fused-ring (bicyclic) bond motifs is 1. The van der Waals surface area contributed by atoms with Gasteiger partial charge in [-0.05, 0) is 25.0 Å². The molecule has 1 heterocycles. The van der Waals surface area contributed by atoms with Crippen LogP contribution in [0.15, 0.2) is 33.9 Å². The van der Waals surface area contributed by atoms with E-state index in [2.05, 4.69) is 10.3 Å².